The molecule has 2 N–H and O–H groups in total. The van der Waals surface area contributed by atoms with Gasteiger partial charge in [0.2, 0.25) is 0 Å². The van der Waals surface area contributed by atoms with Crippen LogP contribution in [0.25, 0.3) is 5.65 Å². The van der Waals surface area contributed by atoms with Gasteiger partial charge in [0.25, 0.3) is 0 Å². The number of aryl methyl sites for hydroxylation is 1. The lowest BCUT2D eigenvalue weighted by Gasteiger charge is -2.07. The molecule has 0 amide bonds. The minimum absolute atomic E-state index is 0.0777. The first-order valence-corrected chi connectivity index (χ1v) is 7.20. The summed E-state index contributed by atoms with van der Waals surface area (Å²) >= 11 is 1.52. The van der Waals surface area contributed by atoms with Crippen molar-refractivity contribution in [3.63, 3.8) is 0 Å². The molecule has 3 heterocycles. The fourth-order valence-corrected chi connectivity index (χ4v) is 2.94. The molecule has 0 aliphatic carbocycles. The van der Waals surface area contributed by atoms with E-state index in [0.717, 1.165) is 27.9 Å². The molecule has 3 aromatic rings. The third-order valence-electron chi connectivity index (χ3n) is 2.97. The summed E-state index contributed by atoms with van der Waals surface area (Å²) in [5.41, 5.74) is 8.00. The monoisotopic (exact) mass is 288 g/mol. The van der Waals surface area contributed by atoms with E-state index in [9.17, 15) is 0 Å². The van der Waals surface area contributed by atoms with Gasteiger partial charge in [0, 0.05) is 25.7 Å². The third-order valence-corrected chi connectivity index (χ3v) is 4.04. The Bertz CT molecular complexity index is 729. The van der Waals surface area contributed by atoms with E-state index < -0.39 is 0 Å². The predicted molar refractivity (Wildman–Crippen MR) is 77.7 cm³/mol. The molecule has 0 saturated carbocycles. The predicted octanol–water partition coefficient (Wildman–Crippen LogP) is 1.50. The molecule has 104 valence electrons. The Morgan fingerprint density at radius 3 is 2.95 bits per heavy atom. The number of imidazole rings is 1. The first-order chi connectivity index (χ1) is 9.65. The van der Waals surface area contributed by atoms with E-state index in [4.69, 9.17) is 5.73 Å². The lowest BCUT2D eigenvalue weighted by molar-refractivity contribution is 0.704. The quantitative estimate of drug-likeness (QED) is 0.787. The van der Waals surface area contributed by atoms with Gasteiger partial charge in [0.05, 0.1) is 5.69 Å². The molecule has 0 aliphatic rings. The molecule has 1 unspecified atom stereocenters. The van der Waals surface area contributed by atoms with Crippen molar-refractivity contribution in [3.8, 4) is 0 Å². The van der Waals surface area contributed by atoms with Crippen molar-refractivity contribution in [1.29, 1.82) is 0 Å². The van der Waals surface area contributed by atoms with Crippen LogP contribution < -0.4 is 5.73 Å². The number of rotatable bonds is 4. The largest absolute Gasteiger partial charge is 0.328 e. The van der Waals surface area contributed by atoms with E-state index >= 15 is 0 Å². The van der Waals surface area contributed by atoms with Crippen LogP contribution in [0.4, 0.5) is 0 Å². The molecule has 0 bridgehead atoms. The van der Waals surface area contributed by atoms with E-state index in [1.54, 1.807) is 6.33 Å². The van der Waals surface area contributed by atoms with Gasteiger partial charge >= 0.3 is 0 Å². The average Bonchev–Trinajstić information content (AvgIpc) is 2.96. The van der Waals surface area contributed by atoms with Crippen molar-refractivity contribution >= 4 is 17.4 Å². The highest BCUT2D eigenvalue weighted by atomic mass is 32.2. The molecule has 0 saturated heterocycles. The Morgan fingerprint density at radius 2 is 2.25 bits per heavy atom. The van der Waals surface area contributed by atoms with Gasteiger partial charge in [0.1, 0.15) is 17.0 Å². The number of hydrogen-bond donors (Lipinski definition) is 1. The molecule has 6 nitrogen and oxygen atoms in total. The Hall–Kier alpha value is -1.86. The van der Waals surface area contributed by atoms with Gasteiger partial charge in [-0.15, -0.1) is 10.2 Å². The first kappa shape index (κ1) is 13.1. The average molecular weight is 288 g/mol. The second kappa shape index (κ2) is 5.26. The van der Waals surface area contributed by atoms with E-state index in [1.165, 1.54) is 11.8 Å². The molecule has 7 heteroatoms. The zero-order chi connectivity index (χ0) is 14.1. The second-order valence-corrected chi connectivity index (χ2v) is 5.76. The first-order valence-electron chi connectivity index (χ1n) is 6.38. The highest BCUT2D eigenvalue weighted by Crippen LogP contribution is 2.29. The van der Waals surface area contributed by atoms with E-state index in [-0.39, 0.29) is 6.04 Å². The zero-order valence-electron chi connectivity index (χ0n) is 11.4. The van der Waals surface area contributed by atoms with Crippen LogP contribution in [0.15, 0.2) is 40.9 Å². The minimum atomic E-state index is 0.0777. The van der Waals surface area contributed by atoms with Crippen LogP contribution in [0.1, 0.15) is 12.6 Å². The fraction of sp³-hybridized carbons (Fsp3) is 0.308. The molecule has 3 aromatic heterocycles. The molecule has 0 radical (unpaired) electrons. The van der Waals surface area contributed by atoms with Gasteiger partial charge in [-0.05, 0) is 30.8 Å². The normalized spacial score (nSPS) is 12.9. The van der Waals surface area contributed by atoms with Crippen LogP contribution in [0.2, 0.25) is 0 Å². The summed E-state index contributed by atoms with van der Waals surface area (Å²) in [6.07, 6.45) is 4.47. The summed E-state index contributed by atoms with van der Waals surface area (Å²) in [6.45, 7) is 2.00. The highest BCUT2D eigenvalue weighted by molar-refractivity contribution is 7.99. The number of hydrogen-bond acceptors (Lipinski definition) is 5. The number of nitrogens with two attached hydrogens (primary N) is 1. The SMILES string of the molecule is CC(N)Cc1c(Sc2nncn2C)nc2ccccn12. The van der Waals surface area contributed by atoms with Gasteiger partial charge in [-0.1, -0.05) is 6.07 Å². The van der Waals surface area contributed by atoms with Gasteiger partial charge in [-0.2, -0.15) is 0 Å². The Kier molecular flexibility index (Phi) is 3.45. The molecule has 0 aliphatic heterocycles. The van der Waals surface area contributed by atoms with Crippen molar-refractivity contribution in [2.24, 2.45) is 12.8 Å². The topological polar surface area (TPSA) is 74.0 Å². The molecule has 3 rings (SSSR count). The number of nitrogens with zero attached hydrogens (tertiary/aromatic N) is 5. The van der Waals surface area contributed by atoms with Crippen LogP contribution in [0.3, 0.4) is 0 Å². The lowest BCUT2D eigenvalue weighted by atomic mass is 10.2. The number of fused-ring (bicyclic) bond motifs is 1. The molecule has 20 heavy (non-hydrogen) atoms. The summed E-state index contributed by atoms with van der Waals surface area (Å²) < 4.78 is 3.96. The molecular formula is C13H16N6S. The van der Waals surface area contributed by atoms with Crippen LogP contribution >= 0.6 is 11.8 Å². The van der Waals surface area contributed by atoms with Gasteiger partial charge in [-0.3, -0.25) is 0 Å². The van der Waals surface area contributed by atoms with Crippen molar-refractivity contribution in [2.75, 3.05) is 0 Å². The molecule has 0 fully saturated rings. The molecule has 0 spiro atoms. The van der Waals surface area contributed by atoms with E-state index in [0.29, 0.717) is 0 Å². The maximum absolute atomic E-state index is 5.96. The van der Waals surface area contributed by atoms with Crippen LogP contribution in [-0.2, 0) is 13.5 Å². The molecule has 0 aromatic carbocycles. The standard InChI is InChI=1S/C13H16N6S/c1-9(14)7-10-12(20-13-17-15-8-18(13)2)16-11-5-3-4-6-19(10)11/h3-6,8-9H,7,14H2,1-2H3. The highest BCUT2D eigenvalue weighted by Gasteiger charge is 2.16. The minimum Gasteiger partial charge on any atom is -0.328 e. The van der Waals surface area contributed by atoms with Gasteiger partial charge < -0.3 is 14.7 Å². The summed E-state index contributed by atoms with van der Waals surface area (Å²) in [7, 11) is 1.92. The zero-order valence-corrected chi connectivity index (χ0v) is 12.2. The number of pyridine rings is 1. The Labute approximate surface area is 121 Å². The second-order valence-electron chi connectivity index (χ2n) is 4.80. The van der Waals surface area contributed by atoms with Crippen LogP contribution in [0, 0.1) is 0 Å². The fourth-order valence-electron chi connectivity index (χ4n) is 2.05. The van der Waals surface area contributed by atoms with Gasteiger partial charge in [-0.25, -0.2) is 4.98 Å². The van der Waals surface area contributed by atoms with E-state index in [2.05, 4.69) is 19.6 Å². The van der Waals surface area contributed by atoms with Crippen LogP contribution in [-0.4, -0.2) is 30.2 Å². The molecular weight excluding hydrogens is 272 g/mol. The summed E-state index contributed by atoms with van der Waals surface area (Å²) in [6, 6.07) is 6.05. The lowest BCUT2D eigenvalue weighted by Crippen LogP contribution is -2.19. The number of aromatic nitrogens is 5. The van der Waals surface area contributed by atoms with Crippen molar-refractivity contribution in [1.82, 2.24) is 24.1 Å². The van der Waals surface area contributed by atoms with Crippen molar-refractivity contribution in [3.05, 3.63) is 36.4 Å². The van der Waals surface area contributed by atoms with Gasteiger partial charge in [0.15, 0.2) is 5.16 Å². The van der Waals surface area contributed by atoms with Crippen molar-refractivity contribution < 1.29 is 0 Å². The maximum atomic E-state index is 5.96. The summed E-state index contributed by atoms with van der Waals surface area (Å²) in [5.74, 6) is 0. The molecule has 1 atom stereocenters. The van der Waals surface area contributed by atoms with E-state index in [1.807, 2.05) is 42.9 Å². The third kappa shape index (κ3) is 2.41. The van der Waals surface area contributed by atoms with Crippen molar-refractivity contribution in [2.45, 2.75) is 29.6 Å². The smallest absolute Gasteiger partial charge is 0.197 e. The maximum Gasteiger partial charge on any atom is 0.197 e. The Balaban J connectivity index is 2.06. The van der Waals surface area contributed by atoms with Crippen LogP contribution in [0.5, 0.6) is 0 Å². The summed E-state index contributed by atoms with van der Waals surface area (Å²) in [5, 5.41) is 9.75. The summed E-state index contributed by atoms with van der Waals surface area (Å²) in [4.78, 5) is 4.67. The Morgan fingerprint density at radius 1 is 1.40 bits per heavy atom.